The van der Waals surface area contributed by atoms with Crippen molar-refractivity contribution < 1.29 is 0 Å². The first-order valence-electron chi connectivity index (χ1n) is 6.72. The summed E-state index contributed by atoms with van der Waals surface area (Å²) in [7, 11) is 0. The summed E-state index contributed by atoms with van der Waals surface area (Å²) >= 11 is 12.6. The van der Waals surface area contributed by atoms with Crippen LogP contribution in [0.1, 0.15) is 34.1 Å². The number of fused-ring (bicyclic) bond motifs is 1. The fraction of sp³-hybridized carbons (Fsp3) is 0.294. The summed E-state index contributed by atoms with van der Waals surface area (Å²) in [6.07, 6.45) is 4.52. The number of halogens is 2. The normalized spacial score (nSPS) is 15.3. The quantitative estimate of drug-likeness (QED) is 0.668. The van der Waals surface area contributed by atoms with E-state index in [2.05, 4.69) is 24.3 Å². The van der Waals surface area contributed by atoms with Gasteiger partial charge in [0, 0.05) is 5.02 Å². The van der Waals surface area contributed by atoms with E-state index in [1.807, 2.05) is 18.2 Å². The fourth-order valence-corrected chi connectivity index (χ4v) is 3.30. The molecule has 98 valence electrons. The molecule has 2 aromatic rings. The minimum atomic E-state index is 0.0179. The molecule has 0 fully saturated rings. The van der Waals surface area contributed by atoms with Crippen molar-refractivity contribution in [3.05, 3.63) is 69.7 Å². The summed E-state index contributed by atoms with van der Waals surface area (Å²) in [6, 6.07) is 14.6. The highest BCUT2D eigenvalue weighted by molar-refractivity contribution is 6.30. The van der Waals surface area contributed by atoms with E-state index in [0.29, 0.717) is 0 Å². The second kappa shape index (κ2) is 5.56. The maximum atomic E-state index is 6.55. The molecule has 1 aliphatic rings. The summed E-state index contributed by atoms with van der Waals surface area (Å²) in [5.41, 5.74) is 5.39. The van der Waals surface area contributed by atoms with Crippen molar-refractivity contribution >= 4 is 23.2 Å². The van der Waals surface area contributed by atoms with Crippen molar-refractivity contribution in [1.29, 1.82) is 0 Å². The first-order valence-corrected chi connectivity index (χ1v) is 7.54. The van der Waals surface area contributed by atoms with Crippen LogP contribution in [0.4, 0.5) is 0 Å². The molecule has 0 saturated heterocycles. The molecule has 0 N–H and O–H groups in total. The molecular weight excluding hydrogens is 275 g/mol. The van der Waals surface area contributed by atoms with Gasteiger partial charge in [-0.05, 0) is 60.1 Å². The molecule has 1 unspecified atom stereocenters. The van der Waals surface area contributed by atoms with E-state index in [-0.39, 0.29) is 5.38 Å². The molecule has 0 saturated carbocycles. The Morgan fingerprint density at radius 1 is 1.00 bits per heavy atom. The van der Waals surface area contributed by atoms with Crippen molar-refractivity contribution in [2.75, 3.05) is 0 Å². The van der Waals surface area contributed by atoms with Crippen LogP contribution in [0, 0.1) is 0 Å². The van der Waals surface area contributed by atoms with E-state index in [9.17, 15) is 0 Å². The number of rotatable bonds is 3. The van der Waals surface area contributed by atoms with Gasteiger partial charge in [0.2, 0.25) is 0 Å². The SMILES string of the molecule is Clc1cccc(CC(Cl)c2ccc3c(c2)CCC3)c1. The van der Waals surface area contributed by atoms with E-state index in [0.717, 1.165) is 11.4 Å². The van der Waals surface area contributed by atoms with E-state index in [1.54, 1.807) is 0 Å². The van der Waals surface area contributed by atoms with Crippen LogP contribution in [0.5, 0.6) is 0 Å². The number of benzene rings is 2. The molecule has 0 nitrogen and oxygen atoms in total. The number of hydrogen-bond donors (Lipinski definition) is 0. The predicted octanol–water partition coefficient (Wildman–Crippen LogP) is 5.35. The second-order valence-electron chi connectivity index (χ2n) is 5.18. The molecule has 2 aromatic carbocycles. The second-order valence-corrected chi connectivity index (χ2v) is 6.15. The smallest absolute Gasteiger partial charge is 0.0625 e. The van der Waals surface area contributed by atoms with Crippen LogP contribution in [0.2, 0.25) is 5.02 Å². The average Bonchev–Trinajstić information content (AvgIpc) is 2.85. The zero-order valence-corrected chi connectivity index (χ0v) is 12.2. The van der Waals surface area contributed by atoms with Gasteiger partial charge in [-0.2, -0.15) is 0 Å². The van der Waals surface area contributed by atoms with Crippen LogP contribution < -0.4 is 0 Å². The van der Waals surface area contributed by atoms with Crippen molar-refractivity contribution in [2.24, 2.45) is 0 Å². The molecule has 0 spiro atoms. The Balaban J connectivity index is 1.78. The Labute approximate surface area is 124 Å². The minimum absolute atomic E-state index is 0.0179. The Morgan fingerprint density at radius 3 is 2.68 bits per heavy atom. The van der Waals surface area contributed by atoms with Gasteiger partial charge in [-0.25, -0.2) is 0 Å². The summed E-state index contributed by atoms with van der Waals surface area (Å²) in [4.78, 5) is 0. The molecule has 1 atom stereocenters. The zero-order valence-electron chi connectivity index (χ0n) is 10.7. The van der Waals surface area contributed by atoms with Gasteiger partial charge in [-0.3, -0.25) is 0 Å². The first-order chi connectivity index (χ1) is 9.22. The van der Waals surface area contributed by atoms with Crippen molar-refractivity contribution in [2.45, 2.75) is 31.1 Å². The third kappa shape index (κ3) is 2.96. The summed E-state index contributed by atoms with van der Waals surface area (Å²) < 4.78 is 0. The monoisotopic (exact) mass is 290 g/mol. The highest BCUT2D eigenvalue weighted by atomic mass is 35.5. The van der Waals surface area contributed by atoms with Gasteiger partial charge in [0.1, 0.15) is 0 Å². The third-order valence-electron chi connectivity index (χ3n) is 3.79. The van der Waals surface area contributed by atoms with E-state index >= 15 is 0 Å². The van der Waals surface area contributed by atoms with Crippen molar-refractivity contribution in [3.63, 3.8) is 0 Å². The Kier molecular flexibility index (Phi) is 3.81. The Morgan fingerprint density at radius 2 is 1.84 bits per heavy atom. The van der Waals surface area contributed by atoms with E-state index in [1.165, 1.54) is 41.5 Å². The number of aryl methyl sites for hydroxylation is 2. The molecule has 1 aliphatic carbocycles. The van der Waals surface area contributed by atoms with Crippen LogP contribution in [0.3, 0.4) is 0 Å². The maximum Gasteiger partial charge on any atom is 0.0625 e. The number of alkyl halides is 1. The van der Waals surface area contributed by atoms with Gasteiger partial charge in [-0.1, -0.05) is 41.9 Å². The lowest BCUT2D eigenvalue weighted by molar-refractivity contribution is 0.905. The molecule has 0 heterocycles. The molecule has 2 heteroatoms. The highest BCUT2D eigenvalue weighted by Crippen LogP contribution is 2.30. The van der Waals surface area contributed by atoms with Gasteiger partial charge >= 0.3 is 0 Å². The third-order valence-corrected chi connectivity index (χ3v) is 4.43. The fourth-order valence-electron chi connectivity index (χ4n) is 2.78. The van der Waals surface area contributed by atoms with E-state index < -0.39 is 0 Å². The van der Waals surface area contributed by atoms with Crippen molar-refractivity contribution in [3.8, 4) is 0 Å². The van der Waals surface area contributed by atoms with Gasteiger partial charge in [0.25, 0.3) is 0 Å². The molecule has 0 bridgehead atoms. The standard InChI is InChI=1S/C17H16Cl2/c18-16-6-1-3-12(9-16)10-17(19)15-8-7-13-4-2-5-14(13)11-15/h1,3,6-9,11,17H,2,4-5,10H2. The zero-order chi connectivity index (χ0) is 13.2. The summed E-state index contributed by atoms with van der Waals surface area (Å²) in [5, 5.41) is 0.791. The Bertz CT molecular complexity index is 590. The van der Waals surface area contributed by atoms with Crippen LogP contribution in [-0.4, -0.2) is 0 Å². The average molecular weight is 291 g/mol. The lowest BCUT2D eigenvalue weighted by atomic mass is 10.00. The van der Waals surface area contributed by atoms with Gasteiger partial charge in [0.05, 0.1) is 5.38 Å². The summed E-state index contributed by atoms with van der Waals surface area (Å²) in [5.74, 6) is 0. The number of hydrogen-bond acceptors (Lipinski definition) is 0. The molecule has 3 rings (SSSR count). The molecule has 19 heavy (non-hydrogen) atoms. The van der Waals surface area contributed by atoms with Gasteiger partial charge in [-0.15, -0.1) is 11.6 Å². The summed E-state index contributed by atoms with van der Waals surface area (Å²) in [6.45, 7) is 0. The molecule has 0 amide bonds. The molecule has 0 radical (unpaired) electrons. The highest BCUT2D eigenvalue weighted by Gasteiger charge is 2.15. The first kappa shape index (κ1) is 13.0. The van der Waals surface area contributed by atoms with Gasteiger partial charge < -0.3 is 0 Å². The molecule has 0 aromatic heterocycles. The lowest BCUT2D eigenvalue weighted by Gasteiger charge is -2.12. The van der Waals surface area contributed by atoms with E-state index in [4.69, 9.17) is 23.2 Å². The maximum absolute atomic E-state index is 6.55. The molecular formula is C17H16Cl2. The van der Waals surface area contributed by atoms with Crippen LogP contribution >= 0.6 is 23.2 Å². The van der Waals surface area contributed by atoms with Crippen molar-refractivity contribution in [1.82, 2.24) is 0 Å². The lowest BCUT2D eigenvalue weighted by Crippen LogP contribution is -1.97. The molecule has 0 aliphatic heterocycles. The largest absolute Gasteiger partial charge is 0.117 e. The van der Waals surface area contributed by atoms with Crippen LogP contribution in [0.25, 0.3) is 0 Å². The minimum Gasteiger partial charge on any atom is -0.117 e. The van der Waals surface area contributed by atoms with Gasteiger partial charge in [0.15, 0.2) is 0 Å². The Hall–Kier alpha value is -0.980. The predicted molar refractivity (Wildman–Crippen MR) is 82.2 cm³/mol. The van der Waals surface area contributed by atoms with Crippen LogP contribution in [-0.2, 0) is 19.3 Å². The topological polar surface area (TPSA) is 0 Å². The van der Waals surface area contributed by atoms with Crippen LogP contribution in [0.15, 0.2) is 42.5 Å².